The molecule has 1 aromatic heterocycles. The highest BCUT2D eigenvalue weighted by atomic mass is 32.2. The van der Waals surface area contributed by atoms with Crippen molar-refractivity contribution in [3.63, 3.8) is 0 Å². The van der Waals surface area contributed by atoms with E-state index in [4.69, 9.17) is 5.26 Å². The second-order valence-corrected chi connectivity index (χ2v) is 5.75. The Kier molecular flexibility index (Phi) is 2.96. The molecule has 3 nitrogen and oxygen atoms in total. The standard InChI is InChI=1S/C15H10FN2OS/c1-9-13(10-2-4-11(16)5-3-10)14-12(19)6-7-18(8-17)15(14)20-9/h2-7,20H,1H3. The van der Waals surface area contributed by atoms with Gasteiger partial charge in [-0.3, -0.25) is 4.79 Å². The number of rotatable bonds is 1. The molecule has 3 rings (SSSR count). The Morgan fingerprint density at radius 2 is 1.95 bits per heavy atom. The van der Waals surface area contributed by atoms with Gasteiger partial charge in [0.15, 0.2) is 11.6 Å². The molecule has 99 valence electrons. The molecule has 0 bridgehead atoms. The highest BCUT2D eigenvalue weighted by Gasteiger charge is 2.25. The molecule has 1 aliphatic heterocycles. The number of aromatic nitrogens is 1. The third-order valence-electron chi connectivity index (χ3n) is 3.20. The number of hydrogen-bond acceptors (Lipinski definition) is 2. The van der Waals surface area contributed by atoms with Crippen molar-refractivity contribution in [1.29, 1.82) is 5.26 Å². The van der Waals surface area contributed by atoms with E-state index in [1.807, 2.05) is 13.1 Å². The van der Waals surface area contributed by atoms with Crippen LogP contribution >= 0.6 is 11.8 Å². The Morgan fingerprint density at radius 3 is 2.60 bits per heavy atom. The molecular formula is C15H10FN2OS. The lowest BCUT2D eigenvalue weighted by atomic mass is 9.99. The van der Waals surface area contributed by atoms with Gasteiger partial charge in [-0.05, 0) is 29.5 Å². The van der Waals surface area contributed by atoms with E-state index in [1.165, 1.54) is 29.0 Å². The first kappa shape index (κ1) is 12.7. The predicted octanol–water partition coefficient (Wildman–Crippen LogP) is 2.93. The van der Waals surface area contributed by atoms with E-state index in [2.05, 4.69) is 0 Å². The number of allylic oxidation sites excluding steroid dienone is 1. The van der Waals surface area contributed by atoms with Crippen molar-refractivity contribution in [1.82, 2.24) is 4.57 Å². The van der Waals surface area contributed by atoms with Crippen LogP contribution in [0.2, 0.25) is 0 Å². The number of halogens is 1. The average Bonchev–Trinajstić information content (AvgIpc) is 2.78. The van der Waals surface area contributed by atoms with Crippen LogP contribution in [0.1, 0.15) is 18.1 Å². The molecule has 0 saturated carbocycles. The lowest BCUT2D eigenvalue weighted by Crippen LogP contribution is -2.11. The molecule has 1 aliphatic rings. The molecule has 0 saturated heterocycles. The Bertz CT molecular complexity index is 828. The number of pyridine rings is 1. The van der Waals surface area contributed by atoms with Crippen LogP contribution in [0.25, 0.3) is 5.57 Å². The second-order valence-electron chi connectivity index (χ2n) is 4.43. The van der Waals surface area contributed by atoms with Crippen LogP contribution in [0.5, 0.6) is 0 Å². The number of hydrogen-bond donors (Lipinski definition) is 1. The van der Waals surface area contributed by atoms with E-state index >= 15 is 0 Å². The number of fused-ring (bicyclic) bond motifs is 1. The Hall–Kier alpha value is -2.32. The van der Waals surface area contributed by atoms with Gasteiger partial charge >= 0.3 is 0 Å². The topological polar surface area (TPSA) is 45.8 Å². The van der Waals surface area contributed by atoms with Gasteiger partial charge in [-0.1, -0.05) is 12.1 Å². The minimum Gasteiger partial charge on any atom is -0.289 e. The van der Waals surface area contributed by atoms with Gasteiger partial charge in [-0.25, -0.2) is 8.96 Å². The fraction of sp³-hybridized carbons (Fsp3) is 0.0667. The normalized spacial score (nSPS) is 13.2. The number of nitrogens with zero attached hydrogens (tertiary/aromatic N) is 2. The zero-order chi connectivity index (χ0) is 14.3. The molecule has 0 amide bonds. The highest BCUT2D eigenvalue weighted by Crippen LogP contribution is 2.44. The van der Waals surface area contributed by atoms with Crippen molar-refractivity contribution in [2.75, 3.05) is 0 Å². The molecule has 1 radical (unpaired) electrons. The minimum absolute atomic E-state index is 0.116. The van der Waals surface area contributed by atoms with Crippen LogP contribution in [0.15, 0.2) is 51.3 Å². The molecule has 0 unspecified atom stereocenters. The smallest absolute Gasteiger partial charge is 0.190 e. The highest BCUT2D eigenvalue weighted by molar-refractivity contribution is 8.03. The first-order chi connectivity index (χ1) is 9.61. The summed E-state index contributed by atoms with van der Waals surface area (Å²) in [4.78, 5) is 13.1. The number of thiol groups is 1. The minimum atomic E-state index is -0.315. The Labute approximate surface area is 119 Å². The van der Waals surface area contributed by atoms with Crippen LogP contribution in [0.3, 0.4) is 0 Å². The van der Waals surface area contributed by atoms with E-state index in [0.717, 1.165) is 27.8 Å². The van der Waals surface area contributed by atoms with Crippen LogP contribution in [0.4, 0.5) is 4.39 Å². The van der Waals surface area contributed by atoms with Crippen molar-refractivity contribution in [3.05, 3.63) is 68.6 Å². The van der Waals surface area contributed by atoms with Crippen LogP contribution in [-0.4, -0.2) is 4.57 Å². The van der Waals surface area contributed by atoms with Crippen LogP contribution in [0, 0.1) is 17.3 Å². The van der Waals surface area contributed by atoms with Gasteiger partial charge in [0, 0.05) is 17.8 Å². The number of nitriles is 1. The van der Waals surface area contributed by atoms with Crippen LogP contribution < -0.4 is 5.43 Å². The van der Waals surface area contributed by atoms with E-state index < -0.39 is 0 Å². The summed E-state index contributed by atoms with van der Waals surface area (Å²) in [6.07, 6.45) is 3.52. The molecule has 5 heteroatoms. The van der Waals surface area contributed by atoms with E-state index in [1.54, 1.807) is 12.1 Å². The maximum atomic E-state index is 13.0. The molecule has 0 fully saturated rings. The van der Waals surface area contributed by atoms with Crippen molar-refractivity contribution in [2.24, 2.45) is 0 Å². The SMILES string of the molecule is CC1=C(c2ccc(F)cc2)c2c(n(C#N)ccc2=O)[SH]1. The van der Waals surface area contributed by atoms with Gasteiger partial charge < -0.3 is 0 Å². The predicted molar refractivity (Wildman–Crippen MR) is 77.1 cm³/mol. The van der Waals surface area contributed by atoms with Crippen molar-refractivity contribution in [3.8, 4) is 6.19 Å². The quantitative estimate of drug-likeness (QED) is 0.819. The summed E-state index contributed by atoms with van der Waals surface area (Å²) >= 11 is 0.837. The third kappa shape index (κ3) is 1.86. The molecule has 0 spiro atoms. The molecular weight excluding hydrogens is 275 g/mol. The molecule has 0 N–H and O–H groups in total. The van der Waals surface area contributed by atoms with Crippen LogP contribution in [-0.2, 0) is 0 Å². The fourth-order valence-electron chi connectivity index (χ4n) is 2.32. The van der Waals surface area contributed by atoms with Gasteiger partial charge in [0.2, 0.25) is 0 Å². The molecule has 0 atom stereocenters. The molecule has 1 aromatic carbocycles. The summed E-state index contributed by atoms with van der Waals surface area (Å²) in [7, 11) is 0. The van der Waals surface area contributed by atoms with E-state index in [0.29, 0.717) is 10.6 Å². The lowest BCUT2D eigenvalue weighted by Gasteiger charge is -2.06. The van der Waals surface area contributed by atoms with E-state index in [9.17, 15) is 9.18 Å². The number of benzene rings is 1. The Morgan fingerprint density at radius 1 is 1.25 bits per heavy atom. The van der Waals surface area contributed by atoms with Gasteiger partial charge in [-0.15, -0.1) is 11.8 Å². The fourth-order valence-corrected chi connectivity index (χ4v) is 3.54. The summed E-state index contributed by atoms with van der Waals surface area (Å²) in [5, 5.41) is 9.79. The summed E-state index contributed by atoms with van der Waals surface area (Å²) < 4.78 is 14.4. The third-order valence-corrected chi connectivity index (χ3v) is 4.41. The van der Waals surface area contributed by atoms with Gasteiger partial charge in [0.1, 0.15) is 5.82 Å². The summed E-state index contributed by atoms with van der Waals surface area (Å²) in [6.45, 7) is 1.92. The zero-order valence-corrected chi connectivity index (χ0v) is 11.5. The van der Waals surface area contributed by atoms with Gasteiger partial charge in [0.05, 0.1) is 10.6 Å². The van der Waals surface area contributed by atoms with Crippen molar-refractivity contribution >= 4 is 17.3 Å². The lowest BCUT2D eigenvalue weighted by molar-refractivity contribution is 0.627. The Balaban J connectivity index is 2.27. The van der Waals surface area contributed by atoms with Crippen molar-refractivity contribution < 1.29 is 4.39 Å². The van der Waals surface area contributed by atoms with Gasteiger partial charge in [0.25, 0.3) is 0 Å². The van der Waals surface area contributed by atoms with E-state index in [-0.39, 0.29) is 11.2 Å². The first-order valence-corrected chi connectivity index (χ1v) is 6.86. The molecule has 20 heavy (non-hydrogen) atoms. The maximum Gasteiger partial charge on any atom is 0.190 e. The summed E-state index contributed by atoms with van der Waals surface area (Å²) in [5.41, 5.74) is 2.02. The second kappa shape index (κ2) is 4.66. The maximum absolute atomic E-state index is 13.0. The first-order valence-electron chi connectivity index (χ1n) is 5.96. The summed E-state index contributed by atoms with van der Waals surface area (Å²) in [6, 6.07) is 7.44. The van der Waals surface area contributed by atoms with Crippen molar-refractivity contribution in [2.45, 2.75) is 11.9 Å². The molecule has 2 heterocycles. The zero-order valence-electron chi connectivity index (χ0n) is 10.6. The summed E-state index contributed by atoms with van der Waals surface area (Å²) in [5.74, 6) is -0.315. The molecule has 2 aromatic rings. The van der Waals surface area contributed by atoms with Gasteiger partial charge in [-0.2, -0.15) is 5.26 Å². The monoisotopic (exact) mass is 285 g/mol. The molecule has 0 aliphatic carbocycles. The largest absolute Gasteiger partial charge is 0.289 e. The average molecular weight is 285 g/mol.